The summed E-state index contributed by atoms with van der Waals surface area (Å²) in [5.74, 6) is -0.443. The van der Waals surface area contributed by atoms with Gasteiger partial charge >= 0.3 is 0 Å². The van der Waals surface area contributed by atoms with Gasteiger partial charge in [0.25, 0.3) is 11.6 Å². The van der Waals surface area contributed by atoms with Crippen LogP contribution in [0.5, 0.6) is 0 Å². The Morgan fingerprint density at radius 2 is 1.80 bits per heavy atom. The van der Waals surface area contributed by atoms with Crippen molar-refractivity contribution in [3.8, 4) is 0 Å². The number of benzene rings is 2. The van der Waals surface area contributed by atoms with E-state index in [0.717, 1.165) is 24.3 Å². The maximum absolute atomic E-state index is 12.3. The first-order valence-corrected chi connectivity index (χ1v) is 8.40. The van der Waals surface area contributed by atoms with Crippen molar-refractivity contribution in [1.29, 1.82) is 0 Å². The number of amides is 1. The van der Waals surface area contributed by atoms with Crippen molar-refractivity contribution >= 4 is 28.9 Å². The molecule has 25 heavy (non-hydrogen) atoms. The number of nitrogens with zero attached hydrogens (tertiary/aromatic N) is 2. The second kappa shape index (κ2) is 8.48. The summed E-state index contributed by atoms with van der Waals surface area (Å²) in [6.07, 6.45) is 0. The lowest BCUT2D eigenvalue weighted by molar-refractivity contribution is -0.384. The third-order valence-electron chi connectivity index (χ3n) is 3.92. The van der Waals surface area contributed by atoms with E-state index >= 15 is 0 Å². The summed E-state index contributed by atoms with van der Waals surface area (Å²) in [5, 5.41) is 13.7. The molecule has 2 rings (SSSR count). The number of nitro benzene ring substituents is 1. The van der Waals surface area contributed by atoms with Crippen molar-refractivity contribution in [1.82, 2.24) is 5.32 Å². The number of halogens is 1. The zero-order chi connectivity index (χ0) is 18.4. The van der Waals surface area contributed by atoms with Gasteiger partial charge in [0.1, 0.15) is 0 Å². The zero-order valence-corrected chi connectivity index (χ0v) is 14.9. The van der Waals surface area contributed by atoms with Crippen molar-refractivity contribution in [2.24, 2.45) is 0 Å². The topological polar surface area (TPSA) is 75.5 Å². The average Bonchev–Trinajstić information content (AvgIpc) is 2.62. The van der Waals surface area contributed by atoms with Crippen LogP contribution in [0.4, 0.5) is 11.4 Å². The molecule has 2 aromatic rings. The molecule has 0 unspecified atom stereocenters. The standard InChI is InChI=1S/C18H20ClN3O3/c1-3-21(4-2)14-7-5-13(6-8-14)12-20-18(23)16-11-15(22(24)25)9-10-17(16)19/h5-11H,3-4,12H2,1-2H3,(H,20,23). The Bertz CT molecular complexity index is 759. The van der Waals surface area contributed by atoms with Gasteiger partial charge in [-0.25, -0.2) is 0 Å². The van der Waals surface area contributed by atoms with E-state index in [-0.39, 0.29) is 16.3 Å². The molecule has 7 heteroatoms. The number of carbonyl (C=O) groups is 1. The summed E-state index contributed by atoms with van der Waals surface area (Å²) >= 11 is 5.98. The predicted molar refractivity (Wildman–Crippen MR) is 99.3 cm³/mol. The van der Waals surface area contributed by atoms with Crippen LogP contribution in [0.1, 0.15) is 29.8 Å². The van der Waals surface area contributed by atoms with E-state index in [2.05, 4.69) is 24.1 Å². The van der Waals surface area contributed by atoms with Gasteiger partial charge in [-0.15, -0.1) is 0 Å². The molecule has 0 aliphatic heterocycles. The van der Waals surface area contributed by atoms with Crippen LogP contribution in [-0.4, -0.2) is 23.9 Å². The van der Waals surface area contributed by atoms with Crippen LogP contribution in [-0.2, 0) is 6.54 Å². The van der Waals surface area contributed by atoms with Crippen molar-refractivity contribution in [2.45, 2.75) is 20.4 Å². The van der Waals surface area contributed by atoms with Gasteiger partial charge in [0.15, 0.2) is 0 Å². The monoisotopic (exact) mass is 361 g/mol. The second-order valence-electron chi connectivity index (χ2n) is 5.44. The molecule has 0 aliphatic rings. The lowest BCUT2D eigenvalue weighted by atomic mass is 10.1. The smallest absolute Gasteiger partial charge is 0.270 e. The van der Waals surface area contributed by atoms with Gasteiger partial charge in [-0.3, -0.25) is 14.9 Å². The fraction of sp³-hybridized carbons (Fsp3) is 0.278. The Balaban J connectivity index is 2.05. The fourth-order valence-corrected chi connectivity index (χ4v) is 2.70. The SMILES string of the molecule is CCN(CC)c1ccc(CNC(=O)c2cc([N+](=O)[O-])ccc2Cl)cc1. The number of nitro groups is 1. The second-order valence-corrected chi connectivity index (χ2v) is 5.85. The van der Waals surface area contributed by atoms with Crippen LogP contribution in [0.15, 0.2) is 42.5 Å². The van der Waals surface area contributed by atoms with Crippen molar-refractivity contribution in [3.05, 3.63) is 68.7 Å². The Hall–Kier alpha value is -2.60. The van der Waals surface area contributed by atoms with E-state index in [4.69, 9.17) is 11.6 Å². The maximum atomic E-state index is 12.3. The van der Waals surface area contributed by atoms with Crippen LogP contribution in [0.25, 0.3) is 0 Å². The quantitative estimate of drug-likeness (QED) is 0.596. The van der Waals surface area contributed by atoms with E-state index in [1.54, 1.807) is 0 Å². The third-order valence-corrected chi connectivity index (χ3v) is 4.25. The highest BCUT2D eigenvalue weighted by Crippen LogP contribution is 2.22. The number of anilines is 1. The Kier molecular flexibility index (Phi) is 6.36. The minimum Gasteiger partial charge on any atom is -0.372 e. The van der Waals surface area contributed by atoms with Gasteiger partial charge in [-0.05, 0) is 37.6 Å². The molecule has 0 atom stereocenters. The first-order chi connectivity index (χ1) is 12.0. The van der Waals surface area contributed by atoms with Gasteiger partial charge in [-0.1, -0.05) is 23.7 Å². The maximum Gasteiger partial charge on any atom is 0.270 e. The van der Waals surface area contributed by atoms with Crippen LogP contribution in [0.2, 0.25) is 5.02 Å². The number of rotatable bonds is 7. The predicted octanol–water partition coefficient (Wildman–Crippen LogP) is 4.02. The highest BCUT2D eigenvalue weighted by molar-refractivity contribution is 6.33. The van der Waals surface area contributed by atoms with E-state index in [1.165, 1.54) is 18.2 Å². The highest BCUT2D eigenvalue weighted by Gasteiger charge is 2.15. The first-order valence-electron chi connectivity index (χ1n) is 8.02. The van der Waals surface area contributed by atoms with Gasteiger partial charge < -0.3 is 10.2 Å². The molecule has 0 heterocycles. The Morgan fingerprint density at radius 3 is 2.36 bits per heavy atom. The van der Waals surface area contributed by atoms with E-state index < -0.39 is 10.8 Å². The summed E-state index contributed by atoms with van der Waals surface area (Å²) in [6.45, 7) is 6.37. The average molecular weight is 362 g/mol. The summed E-state index contributed by atoms with van der Waals surface area (Å²) in [5.41, 5.74) is 1.99. The third kappa shape index (κ3) is 4.70. The minimum absolute atomic E-state index is 0.0932. The minimum atomic E-state index is -0.557. The molecule has 1 N–H and O–H groups in total. The molecule has 0 saturated heterocycles. The molecule has 132 valence electrons. The molecular formula is C18H20ClN3O3. The van der Waals surface area contributed by atoms with Gasteiger partial charge in [-0.2, -0.15) is 0 Å². The number of hydrogen-bond acceptors (Lipinski definition) is 4. The highest BCUT2D eigenvalue weighted by atomic mass is 35.5. The lowest BCUT2D eigenvalue weighted by Gasteiger charge is -2.21. The molecule has 0 bridgehead atoms. The van der Waals surface area contributed by atoms with Crippen LogP contribution >= 0.6 is 11.6 Å². The molecule has 0 radical (unpaired) electrons. The number of hydrogen-bond donors (Lipinski definition) is 1. The largest absolute Gasteiger partial charge is 0.372 e. The molecule has 0 aliphatic carbocycles. The molecule has 1 amide bonds. The van der Waals surface area contributed by atoms with Gasteiger partial charge in [0, 0.05) is 37.5 Å². The lowest BCUT2D eigenvalue weighted by Crippen LogP contribution is -2.24. The summed E-state index contributed by atoms with van der Waals surface area (Å²) in [7, 11) is 0. The van der Waals surface area contributed by atoms with Crippen molar-refractivity contribution < 1.29 is 9.72 Å². The normalized spacial score (nSPS) is 10.4. The molecule has 0 fully saturated rings. The molecule has 2 aromatic carbocycles. The molecule has 0 spiro atoms. The summed E-state index contributed by atoms with van der Waals surface area (Å²) < 4.78 is 0. The molecule has 0 saturated carbocycles. The Labute approximate surface area is 151 Å². The number of nitrogens with one attached hydrogen (secondary N) is 1. The number of carbonyl (C=O) groups excluding carboxylic acids is 1. The summed E-state index contributed by atoms with van der Waals surface area (Å²) in [6, 6.07) is 11.7. The summed E-state index contributed by atoms with van der Waals surface area (Å²) in [4.78, 5) is 24.8. The molecule has 0 aromatic heterocycles. The van der Waals surface area contributed by atoms with E-state index in [9.17, 15) is 14.9 Å². The van der Waals surface area contributed by atoms with Crippen LogP contribution in [0, 0.1) is 10.1 Å². The van der Waals surface area contributed by atoms with E-state index in [0.29, 0.717) is 6.54 Å². The zero-order valence-electron chi connectivity index (χ0n) is 14.2. The van der Waals surface area contributed by atoms with Crippen LogP contribution in [0.3, 0.4) is 0 Å². The molecule has 6 nitrogen and oxygen atoms in total. The Morgan fingerprint density at radius 1 is 1.16 bits per heavy atom. The number of non-ortho nitro benzene ring substituents is 1. The fourth-order valence-electron chi connectivity index (χ4n) is 2.49. The van der Waals surface area contributed by atoms with E-state index in [1.807, 2.05) is 24.3 Å². The van der Waals surface area contributed by atoms with Crippen LogP contribution < -0.4 is 10.2 Å². The van der Waals surface area contributed by atoms with Crippen molar-refractivity contribution in [3.63, 3.8) is 0 Å². The molecular weight excluding hydrogens is 342 g/mol. The first kappa shape index (κ1) is 18.7. The van der Waals surface area contributed by atoms with Crippen molar-refractivity contribution in [2.75, 3.05) is 18.0 Å². The van der Waals surface area contributed by atoms with Gasteiger partial charge in [0.2, 0.25) is 0 Å². The van der Waals surface area contributed by atoms with Gasteiger partial charge in [0.05, 0.1) is 15.5 Å².